The molecule has 0 spiro atoms. The quantitative estimate of drug-likeness (QED) is 0.412. The van der Waals surface area contributed by atoms with Gasteiger partial charge in [0.15, 0.2) is 0 Å². The number of ether oxygens (including phenoxy) is 2. The molecule has 1 fully saturated rings. The van der Waals surface area contributed by atoms with Gasteiger partial charge in [-0.15, -0.1) is 0 Å². The number of hydrogen-bond acceptors (Lipinski definition) is 4. The lowest BCUT2D eigenvalue weighted by Crippen LogP contribution is -2.40. The van der Waals surface area contributed by atoms with Gasteiger partial charge in [-0.3, -0.25) is 4.79 Å². The smallest absolute Gasteiger partial charge is 0.346 e. The van der Waals surface area contributed by atoms with Crippen LogP contribution in [-0.4, -0.2) is 31.6 Å². The molecular formula is C7H9O4. The van der Waals surface area contributed by atoms with Crippen LogP contribution in [0.25, 0.3) is 0 Å². The van der Waals surface area contributed by atoms with Gasteiger partial charge in [-0.2, -0.15) is 0 Å². The molecule has 1 aliphatic rings. The second kappa shape index (κ2) is 3.00. The molecule has 0 aromatic rings. The van der Waals surface area contributed by atoms with Gasteiger partial charge in [0.1, 0.15) is 0 Å². The second-order valence-electron chi connectivity index (χ2n) is 2.37. The summed E-state index contributed by atoms with van der Waals surface area (Å²) in [5.74, 6) is -0.648. The van der Waals surface area contributed by atoms with E-state index in [1.807, 2.05) is 0 Å². The molecule has 0 saturated carbocycles. The molecular weight excluding hydrogens is 148 g/mol. The molecule has 1 aliphatic heterocycles. The van der Waals surface area contributed by atoms with Crippen LogP contribution in [0.1, 0.15) is 12.8 Å². The largest absolute Gasteiger partial charge is 0.467 e. The van der Waals surface area contributed by atoms with E-state index < -0.39 is 11.6 Å². The van der Waals surface area contributed by atoms with Crippen LogP contribution >= 0.6 is 0 Å². The van der Waals surface area contributed by atoms with Gasteiger partial charge < -0.3 is 9.47 Å². The fourth-order valence-electron chi connectivity index (χ4n) is 1.09. The molecule has 0 aromatic heterocycles. The van der Waals surface area contributed by atoms with Crippen LogP contribution in [0.3, 0.4) is 0 Å². The standard InChI is InChI=1S/C7H9O4/c1-10-6(9)7(5-8)3-2-4-11-7/h2-4H2,1H3. The Kier molecular flexibility index (Phi) is 2.24. The Morgan fingerprint density at radius 2 is 2.45 bits per heavy atom. The molecule has 0 aromatic carbocycles. The second-order valence-corrected chi connectivity index (χ2v) is 2.37. The number of carbonyl (C=O) groups is 1. The first-order valence-electron chi connectivity index (χ1n) is 3.37. The molecule has 1 heterocycles. The van der Waals surface area contributed by atoms with Gasteiger partial charge in [0.05, 0.1) is 7.11 Å². The van der Waals surface area contributed by atoms with Crippen molar-refractivity contribution in [3.05, 3.63) is 0 Å². The maximum atomic E-state index is 11.0. The molecule has 4 heteroatoms. The van der Waals surface area contributed by atoms with E-state index in [1.54, 1.807) is 6.29 Å². The van der Waals surface area contributed by atoms with Crippen molar-refractivity contribution in [1.29, 1.82) is 0 Å². The van der Waals surface area contributed by atoms with Gasteiger partial charge >= 0.3 is 5.97 Å². The summed E-state index contributed by atoms with van der Waals surface area (Å²) >= 11 is 0. The summed E-state index contributed by atoms with van der Waals surface area (Å²) in [5, 5.41) is 0. The summed E-state index contributed by atoms with van der Waals surface area (Å²) in [4.78, 5) is 21.3. The zero-order valence-corrected chi connectivity index (χ0v) is 6.25. The van der Waals surface area contributed by atoms with Crippen molar-refractivity contribution in [2.24, 2.45) is 0 Å². The van der Waals surface area contributed by atoms with Crippen molar-refractivity contribution in [2.45, 2.75) is 18.4 Å². The Morgan fingerprint density at radius 1 is 1.73 bits per heavy atom. The third-order valence-electron chi connectivity index (χ3n) is 1.70. The number of methoxy groups -OCH3 is 1. The Morgan fingerprint density at radius 3 is 2.82 bits per heavy atom. The van der Waals surface area contributed by atoms with E-state index in [0.717, 1.165) is 0 Å². The first-order valence-corrected chi connectivity index (χ1v) is 3.37. The number of hydrogen-bond donors (Lipinski definition) is 0. The summed E-state index contributed by atoms with van der Waals surface area (Å²) in [7, 11) is 1.23. The fraction of sp³-hybridized carbons (Fsp3) is 0.714. The zero-order valence-electron chi connectivity index (χ0n) is 6.25. The summed E-state index contributed by atoms with van der Waals surface area (Å²) in [6.45, 7) is 0.421. The maximum absolute atomic E-state index is 11.0. The van der Waals surface area contributed by atoms with Gasteiger partial charge in [0.25, 0.3) is 0 Å². The monoisotopic (exact) mass is 157 g/mol. The average Bonchev–Trinajstić information content (AvgIpc) is 2.52. The third kappa shape index (κ3) is 1.26. The molecule has 11 heavy (non-hydrogen) atoms. The van der Waals surface area contributed by atoms with Crippen molar-refractivity contribution in [3.8, 4) is 0 Å². The minimum absolute atomic E-state index is 0.378. The van der Waals surface area contributed by atoms with Crippen molar-refractivity contribution in [3.63, 3.8) is 0 Å². The van der Waals surface area contributed by atoms with Crippen LogP contribution in [-0.2, 0) is 19.1 Å². The Labute approximate surface area is 64.5 Å². The maximum Gasteiger partial charge on any atom is 0.346 e. The summed E-state index contributed by atoms with van der Waals surface area (Å²) in [5.41, 5.74) is -1.42. The minimum atomic E-state index is -1.42. The van der Waals surface area contributed by atoms with Crippen molar-refractivity contribution < 1.29 is 19.1 Å². The summed E-state index contributed by atoms with van der Waals surface area (Å²) in [6.07, 6.45) is 2.66. The van der Waals surface area contributed by atoms with Crippen LogP contribution < -0.4 is 0 Å². The Balaban J connectivity index is 2.74. The molecule has 4 nitrogen and oxygen atoms in total. The number of carbonyl (C=O) groups excluding carboxylic acids is 2. The fourth-order valence-corrected chi connectivity index (χ4v) is 1.09. The van der Waals surface area contributed by atoms with Crippen LogP contribution in [0.2, 0.25) is 0 Å². The molecule has 1 radical (unpaired) electrons. The average molecular weight is 157 g/mol. The van der Waals surface area contributed by atoms with Crippen LogP contribution in [0.4, 0.5) is 0 Å². The van der Waals surface area contributed by atoms with Gasteiger partial charge in [-0.05, 0) is 12.8 Å². The van der Waals surface area contributed by atoms with E-state index in [9.17, 15) is 9.59 Å². The van der Waals surface area contributed by atoms with Gasteiger partial charge in [-0.1, -0.05) is 0 Å². The predicted molar refractivity (Wildman–Crippen MR) is 35.6 cm³/mol. The molecule has 0 amide bonds. The van der Waals surface area contributed by atoms with E-state index >= 15 is 0 Å². The summed E-state index contributed by atoms with van der Waals surface area (Å²) < 4.78 is 9.35. The lowest BCUT2D eigenvalue weighted by Gasteiger charge is -2.16. The highest BCUT2D eigenvalue weighted by Gasteiger charge is 2.45. The third-order valence-corrected chi connectivity index (χ3v) is 1.70. The van der Waals surface area contributed by atoms with Crippen LogP contribution in [0.5, 0.6) is 0 Å². The molecule has 1 rings (SSSR count). The van der Waals surface area contributed by atoms with E-state index in [0.29, 0.717) is 19.4 Å². The first kappa shape index (κ1) is 8.20. The topological polar surface area (TPSA) is 52.6 Å². The van der Waals surface area contributed by atoms with Crippen molar-refractivity contribution in [1.82, 2.24) is 0 Å². The number of rotatable bonds is 2. The summed E-state index contributed by atoms with van der Waals surface area (Å²) in [6, 6.07) is 0. The van der Waals surface area contributed by atoms with Gasteiger partial charge in [0.2, 0.25) is 11.9 Å². The molecule has 1 unspecified atom stereocenters. The molecule has 1 atom stereocenters. The Hall–Kier alpha value is -0.900. The molecule has 0 aliphatic carbocycles. The Bertz CT molecular complexity index is 169. The predicted octanol–water partition coefficient (Wildman–Crippen LogP) is -0.182. The highest BCUT2D eigenvalue weighted by atomic mass is 16.6. The minimum Gasteiger partial charge on any atom is -0.467 e. The molecule has 0 bridgehead atoms. The van der Waals surface area contributed by atoms with E-state index in [1.165, 1.54) is 7.11 Å². The van der Waals surface area contributed by atoms with E-state index in [2.05, 4.69) is 4.74 Å². The molecule has 1 saturated heterocycles. The lowest BCUT2D eigenvalue weighted by molar-refractivity contribution is -0.156. The highest BCUT2D eigenvalue weighted by molar-refractivity contribution is 5.97. The van der Waals surface area contributed by atoms with Gasteiger partial charge in [-0.25, -0.2) is 4.79 Å². The first-order chi connectivity index (χ1) is 5.25. The van der Waals surface area contributed by atoms with Crippen molar-refractivity contribution >= 4 is 12.3 Å². The van der Waals surface area contributed by atoms with Gasteiger partial charge in [0, 0.05) is 6.61 Å². The SMILES string of the molecule is COC(=O)C1([C]=O)CCCO1. The number of esters is 1. The highest BCUT2D eigenvalue weighted by Crippen LogP contribution is 2.24. The van der Waals surface area contributed by atoms with E-state index in [-0.39, 0.29) is 0 Å². The zero-order chi connectivity index (χ0) is 8.32. The van der Waals surface area contributed by atoms with Crippen LogP contribution in [0.15, 0.2) is 0 Å². The van der Waals surface area contributed by atoms with Crippen molar-refractivity contribution in [2.75, 3.05) is 13.7 Å². The lowest BCUT2D eigenvalue weighted by atomic mass is 10.0. The molecule has 0 N–H and O–H groups in total. The van der Waals surface area contributed by atoms with E-state index in [4.69, 9.17) is 4.74 Å². The molecule has 61 valence electrons. The normalized spacial score (nSPS) is 29.9. The van der Waals surface area contributed by atoms with Crippen LogP contribution in [0, 0.1) is 0 Å².